The molecule has 0 saturated carbocycles. The van der Waals surface area contributed by atoms with E-state index in [0.29, 0.717) is 20.5 Å². The second-order valence-electron chi connectivity index (χ2n) is 7.06. The molecule has 1 amide bonds. The minimum absolute atomic E-state index is 0.141. The van der Waals surface area contributed by atoms with Crippen molar-refractivity contribution in [3.8, 4) is 11.5 Å². The third-order valence-electron chi connectivity index (χ3n) is 4.84. The van der Waals surface area contributed by atoms with E-state index in [9.17, 15) is 25.0 Å². The molecule has 35 heavy (non-hydrogen) atoms. The highest BCUT2D eigenvalue weighted by Gasteiger charge is 2.33. The molecule has 3 aromatic rings. The van der Waals surface area contributed by atoms with Crippen LogP contribution in [0.25, 0.3) is 6.08 Å². The molecule has 9 nitrogen and oxygen atoms in total. The van der Waals surface area contributed by atoms with E-state index in [-0.39, 0.29) is 17.4 Å². The van der Waals surface area contributed by atoms with Crippen LogP contribution in [0.5, 0.6) is 11.5 Å². The molecule has 1 fully saturated rings. The van der Waals surface area contributed by atoms with Gasteiger partial charge >= 0.3 is 5.69 Å². The molecule has 0 spiro atoms. The average molecular weight is 526 g/mol. The molecule has 1 aliphatic heterocycles. The number of ether oxygens (including phenoxy) is 1. The number of nitro benzene ring substituents is 2. The van der Waals surface area contributed by atoms with Crippen molar-refractivity contribution in [1.29, 1.82) is 0 Å². The molecule has 0 bridgehead atoms. The number of amides is 1. The Morgan fingerprint density at radius 3 is 2.51 bits per heavy atom. The van der Waals surface area contributed by atoms with Crippen LogP contribution in [0, 0.1) is 20.2 Å². The summed E-state index contributed by atoms with van der Waals surface area (Å²) in [7, 11) is 0. The van der Waals surface area contributed by atoms with Crippen molar-refractivity contribution in [2.45, 2.75) is 4.90 Å². The number of non-ortho nitro benzene ring substituents is 1. The Labute approximate surface area is 213 Å². The van der Waals surface area contributed by atoms with E-state index in [1.54, 1.807) is 42.1 Å². The quantitative estimate of drug-likeness (QED) is 0.113. The van der Waals surface area contributed by atoms with Crippen LogP contribution >= 0.6 is 35.7 Å². The Balaban J connectivity index is 1.60. The first-order valence-electron chi connectivity index (χ1n) is 9.89. The maximum atomic E-state index is 13.1. The fourth-order valence-corrected chi connectivity index (χ4v) is 4.99. The van der Waals surface area contributed by atoms with Gasteiger partial charge in [0.05, 0.1) is 26.5 Å². The summed E-state index contributed by atoms with van der Waals surface area (Å²) in [6.07, 6.45) is 3.61. The largest absolute Gasteiger partial charge is 0.450 e. The molecule has 1 aliphatic rings. The van der Waals surface area contributed by atoms with Gasteiger partial charge in [0.1, 0.15) is 5.75 Å². The lowest BCUT2D eigenvalue weighted by Crippen LogP contribution is -2.27. The monoisotopic (exact) mass is 525 g/mol. The molecular formula is C23H15N3O6S3. The summed E-state index contributed by atoms with van der Waals surface area (Å²) in [5.74, 6) is -0.132. The highest BCUT2D eigenvalue weighted by molar-refractivity contribution is 8.27. The number of carbonyl (C=O) groups is 1. The van der Waals surface area contributed by atoms with E-state index in [1.165, 1.54) is 22.7 Å². The highest BCUT2D eigenvalue weighted by atomic mass is 32.2. The molecular weight excluding hydrogens is 510 g/mol. The van der Waals surface area contributed by atoms with E-state index in [4.69, 9.17) is 17.0 Å². The smallest absolute Gasteiger partial charge is 0.318 e. The molecule has 3 aromatic carbocycles. The Morgan fingerprint density at radius 2 is 1.80 bits per heavy atom. The van der Waals surface area contributed by atoms with Crippen molar-refractivity contribution in [1.82, 2.24) is 0 Å². The number of thioether (sulfide) groups is 2. The van der Waals surface area contributed by atoms with Crippen LogP contribution in [0.4, 0.5) is 17.1 Å². The number of nitrogens with zero attached hydrogens (tertiary/aromatic N) is 3. The number of hydrogen-bond acceptors (Lipinski definition) is 9. The van der Waals surface area contributed by atoms with Crippen molar-refractivity contribution in [3.63, 3.8) is 0 Å². The lowest BCUT2D eigenvalue weighted by Gasteiger charge is -2.15. The second-order valence-corrected chi connectivity index (χ2v) is 9.61. The van der Waals surface area contributed by atoms with Gasteiger partial charge < -0.3 is 4.74 Å². The van der Waals surface area contributed by atoms with Gasteiger partial charge in [-0.25, -0.2) is 0 Å². The number of thiocarbonyl (C=S) groups is 1. The number of nitro groups is 2. The SMILES string of the molecule is CSc1cccc(N2C(=O)/C(=C\c3cccc(Oc4ccc([N+](=O)[O-])cc4[N+](=O)[O-])c3)SC2=S)c1. The topological polar surface area (TPSA) is 116 Å². The van der Waals surface area contributed by atoms with Gasteiger partial charge in [-0.3, -0.25) is 29.9 Å². The molecule has 1 heterocycles. The zero-order valence-corrected chi connectivity index (χ0v) is 20.4. The predicted molar refractivity (Wildman–Crippen MR) is 140 cm³/mol. The molecule has 4 rings (SSSR count). The van der Waals surface area contributed by atoms with Crippen LogP contribution < -0.4 is 9.64 Å². The summed E-state index contributed by atoms with van der Waals surface area (Å²) in [5.41, 5.74) is 0.358. The minimum Gasteiger partial charge on any atom is -0.450 e. The van der Waals surface area contributed by atoms with Crippen LogP contribution in [0.1, 0.15) is 5.56 Å². The minimum atomic E-state index is -0.746. The van der Waals surface area contributed by atoms with Crippen LogP contribution in [-0.2, 0) is 4.79 Å². The van der Waals surface area contributed by atoms with E-state index >= 15 is 0 Å². The van der Waals surface area contributed by atoms with Crippen LogP contribution in [-0.4, -0.2) is 26.3 Å². The maximum Gasteiger partial charge on any atom is 0.318 e. The first kappa shape index (κ1) is 24.4. The summed E-state index contributed by atoms with van der Waals surface area (Å²) in [6.45, 7) is 0. The van der Waals surface area contributed by atoms with Crippen molar-refractivity contribution in [3.05, 3.63) is 97.4 Å². The van der Waals surface area contributed by atoms with E-state index in [1.807, 2.05) is 30.5 Å². The molecule has 0 aromatic heterocycles. The highest BCUT2D eigenvalue weighted by Crippen LogP contribution is 2.38. The summed E-state index contributed by atoms with van der Waals surface area (Å²) >= 11 is 8.17. The van der Waals surface area contributed by atoms with Gasteiger partial charge in [0.25, 0.3) is 11.6 Å². The van der Waals surface area contributed by atoms with Gasteiger partial charge in [0.2, 0.25) is 5.75 Å². The predicted octanol–water partition coefficient (Wildman–Crippen LogP) is 6.42. The fourth-order valence-electron chi connectivity index (χ4n) is 3.23. The maximum absolute atomic E-state index is 13.1. The molecule has 0 aliphatic carbocycles. The Morgan fingerprint density at radius 1 is 1.03 bits per heavy atom. The van der Waals surface area contributed by atoms with Crippen molar-refractivity contribution in [2.24, 2.45) is 0 Å². The van der Waals surface area contributed by atoms with Crippen molar-refractivity contribution >= 4 is 69.1 Å². The molecule has 0 unspecified atom stereocenters. The van der Waals surface area contributed by atoms with Crippen LogP contribution in [0.2, 0.25) is 0 Å². The van der Waals surface area contributed by atoms with Gasteiger partial charge in [0.15, 0.2) is 4.32 Å². The molecule has 0 N–H and O–H groups in total. The molecule has 0 atom stereocenters. The van der Waals surface area contributed by atoms with Gasteiger partial charge in [-0.05, 0) is 54.3 Å². The van der Waals surface area contributed by atoms with Crippen LogP contribution in [0.15, 0.2) is 76.5 Å². The third-order valence-corrected chi connectivity index (χ3v) is 6.87. The van der Waals surface area contributed by atoms with Gasteiger partial charge in [0, 0.05) is 11.0 Å². The Hall–Kier alpha value is -3.74. The zero-order valence-electron chi connectivity index (χ0n) is 17.9. The lowest BCUT2D eigenvalue weighted by molar-refractivity contribution is -0.394. The van der Waals surface area contributed by atoms with E-state index in [0.717, 1.165) is 17.0 Å². The van der Waals surface area contributed by atoms with Crippen molar-refractivity contribution < 1.29 is 19.4 Å². The molecule has 0 radical (unpaired) electrons. The van der Waals surface area contributed by atoms with Gasteiger partial charge in [-0.2, -0.15) is 0 Å². The first-order chi connectivity index (χ1) is 16.8. The molecule has 176 valence electrons. The summed E-state index contributed by atoms with van der Waals surface area (Å²) in [5, 5.41) is 22.3. The Bertz CT molecular complexity index is 1410. The summed E-state index contributed by atoms with van der Waals surface area (Å²) < 4.78 is 6.06. The molecule has 12 heteroatoms. The zero-order chi connectivity index (χ0) is 25.1. The number of carbonyl (C=O) groups excluding carboxylic acids is 1. The number of hydrogen-bond donors (Lipinski definition) is 0. The molecule has 1 saturated heterocycles. The van der Waals surface area contributed by atoms with Crippen molar-refractivity contribution in [2.75, 3.05) is 11.2 Å². The summed E-state index contributed by atoms with van der Waals surface area (Å²) in [6, 6.07) is 17.3. The number of rotatable bonds is 7. The average Bonchev–Trinajstić information content (AvgIpc) is 3.11. The lowest BCUT2D eigenvalue weighted by atomic mass is 10.2. The number of benzene rings is 3. The van der Waals surface area contributed by atoms with Gasteiger partial charge in [-0.1, -0.05) is 42.2 Å². The fraction of sp³-hybridized carbons (Fsp3) is 0.0435. The normalized spacial score (nSPS) is 14.4. The van der Waals surface area contributed by atoms with E-state index < -0.39 is 21.2 Å². The first-order valence-corrected chi connectivity index (χ1v) is 12.3. The second kappa shape index (κ2) is 10.3. The standard InChI is InChI=1S/C23H15N3O6S3/c1-34-18-7-3-5-15(12-18)24-22(27)21(35-23(24)33)11-14-4-2-6-17(10-14)32-20-9-8-16(25(28)29)13-19(20)26(30)31/h2-13H,1H3/b21-11+. The van der Waals surface area contributed by atoms with Gasteiger partial charge in [-0.15, -0.1) is 11.8 Å². The summed E-state index contributed by atoms with van der Waals surface area (Å²) in [4.78, 5) is 36.8. The van der Waals surface area contributed by atoms with E-state index in [2.05, 4.69) is 0 Å². The van der Waals surface area contributed by atoms with Crippen LogP contribution in [0.3, 0.4) is 0 Å². The third kappa shape index (κ3) is 5.34. The Kier molecular flexibility index (Phi) is 7.15. The number of anilines is 1.